The Morgan fingerprint density at radius 3 is 2.48 bits per heavy atom. The van der Waals surface area contributed by atoms with Crippen molar-refractivity contribution in [2.24, 2.45) is 17.6 Å². The van der Waals surface area contributed by atoms with E-state index in [2.05, 4.69) is 6.07 Å². The van der Waals surface area contributed by atoms with Gasteiger partial charge in [-0.3, -0.25) is 0 Å². The number of benzene rings is 1. The molecule has 0 amide bonds. The Kier molecular flexibility index (Phi) is 4.35. The molecule has 0 heterocycles. The molecular weight excluding hydrogens is 261 g/mol. The number of nitrogens with two attached hydrogens (primary N) is 1. The van der Waals surface area contributed by atoms with Crippen molar-refractivity contribution in [3.63, 3.8) is 0 Å². The summed E-state index contributed by atoms with van der Waals surface area (Å²) in [4.78, 5) is 0. The molecule has 3 rings (SSSR count). The fourth-order valence-electron chi connectivity index (χ4n) is 4.66. The summed E-state index contributed by atoms with van der Waals surface area (Å²) in [5, 5.41) is 0. The molecule has 0 aliphatic heterocycles. The molecule has 116 valence electrons. The second kappa shape index (κ2) is 6.08. The number of halogens is 1. The minimum atomic E-state index is -0.311. The zero-order chi connectivity index (χ0) is 14.9. The maximum atomic E-state index is 14.0. The molecule has 1 aromatic carbocycles. The van der Waals surface area contributed by atoms with Crippen molar-refractivity contribution in [1.82, 2.24) is 0 Å². The summed E-state index contributed by atoms with van der Waals surface area (Å²) in [5.74, 6) is 1.17. The monoisotopic (exact) mass is 289 g/mol. The molecule has 0 bridgehead atoms. The third-order valence-electron chi connectivity index (χ3n) is 5.95. The third kappa shape index (κ3) is 2.88. The number of hydrogen-bond acceptors (Lipinski definition) is 1. The van der Waals surface area contributed by atoms with Crippen molar-refractivity contribution in [3.05, 3.63) is 35.1 Å². The van der Waals surface area contributed by atoms with Crippen LogP contribution < -0.4 is 5.73 Å². The first-order valence-corrected chi connectivity index (χ1v) is 8.67. The number of aryl methyl sites for hydroxylation is 1. The molecular formula is C19H28FN. The standard InChI is InChI=1S/C19H28FN/c1-14-10-11-16(13-18(14)20)19(21)12-6-5-9-17(19)15-7-3-2-4-8-15/h10-11,13,15,17H,2-9,12,21H2,1H3. The molecule has 0 aromatic heterocycles. The van der Waals surface area contributed by atoms with Gasteiger partial charge in [0.25, 0.3) is 0 Å². The van der Waals surface area contributed by atoms with E-state index in [4.69, 9.17) is 5.73 Å². The van der Waals surface area contributed by atoms with E-state index in [0.717, 1.165) is 17.9 Å². The molecule has 2 fully saturated rings. The first-order chi connectivity index (χ1) is 10.1. The molecule has 21 heavy (non-hydrogen) atoms. The molecule has 0 radical (unpaired) electrons. The van der Waals surface area contributed by atoms with Crippen LogP contribution in [-0.4, -0.2) is 0 Å². The van der Waals surface area contributed by atoms with Gasteiger partial charge in [-0.1, -0.05) is 57.1 Å². The van der Waals surface area contributed by atoms with E-state index in [9.17, 15) is 4.39 Å². The van der Waals surface area contributed by atoms with Crippen molar-refractivity contribution in [1.29, 1.82) is 0 Å². The van der Waals surface area contributed by atoms with E-state index in [1.807, 2.05) is 13.0 Å². The van der Waals surface area contributed by atoms with Crippen molar-refractivity contribution in [2.45, 2.75) is 70.3 Å². The van der Waals surface area contributed by atoms with Gasteiger partial charge in [0.15, 0.2) is 0 Å². The molecule has 1 nitrogen and oxygen atoms in total. The van der Waals surface area contributed by atoms with Crippen LogP contribution in [0.15, 0.2) is 18.2 Å². The summed E-state index contributed by atoms with van der Waals surface area (Å²) in [5.41, 5.74) is 8.34. The SMILES string of the molecule is Cc1ccc(C2(N)CCCCC2C2CCCCC2)cc1F. The zero-order valence-corrected chi connectivity index (χ0v) is 13.2. The normalized spacial score (nSPS) is 31.3. The van der Waals surface area contributed by atoms with Gasteiger partial charge in [-0.2, -0.15) is 0 Å². The molecule has 2 atom stereocenters. The molecule has 0 saturated heterocycles. The second-order valence-corrected chi connectivity index (χ2v) is 7.25. The van der Waals surface area contributed by atoms with Crippen molar-refractivity contribution in [3.8, 4) is 0 Å². The summed E-state index contributed by atoms with van der Waals surface area (Å²) in [6.45, 7) is 1.82. The summed E-state index contributed by atoms with van der Waals surface area (Å²) >= 11 is 0. The van der Waals surface area contributed by atoms with Crippen LogP contribution in [0.3, 0.4) is 0 Å². The van der Waals surface area contributed by atoms with Crippen molar-refractivity contribution >= 4 is 0 Å². The van der Waals surface area contributed by atoms with Gasteiger partial charge in [0.1, 0.15) is 5.82 Å². The van der Waals surface area contributed by atoms with E-state index in [0.29, 0.717) is 11.5 Å². The van der Waals surface area contributed by atoms with Gasteiger partial charge < -0.3 is 5.73 Å². The van der Waals surface area contributed by atoms with E-state index in [1.165, 1.54) is 51.4 Å². The van der Waals surface area contributed by atoms with Gasteiger partial charge in [-0.15, -0.1) is 0 Å². The fourth-order valence-corrected chi connectivity index (χ4v) is 4.66. The Hall–Kier alpha value is -0.890. The topological polar surface area (TPSA) is 26.0 Å². The summed E-state index contributed by atoms with van der Waals surface area (Å²) in [6, 6.07) is 5.67. The zero-order valence-electron chi connectivity index (χ0n) is 13.2. The molecule has 2 heteroatoms. The predicted molar refractivity (Wildman–Crippen MR) is 85.5 cm³/mol. The highest BCUT2D eigenvalue weighted by Crippen LogP contribution is 2.47. The Labute approximate surface area is 128 Å². The first kappa shape index (κ1) is 15.0. The summed E-state index contributed by atoms with van der Waals surface area (Å²) in [6.07, 6.45) is 11.4. The average molecular weight is 289 g/mol. The lowest BCUT2D eigenvalue weighted by Gasteiger charge is -2.47. The molecule has 2 aliphatic rings. The van der Waals surface area contributed by atoms with Gasteiger partial charge in [0.2, 0.25) is 0 Å². The summed E-state index contributed by atoms with van der Waals surface area (Å²) in [7, 11) is 0. The molecule has 1 aromatic rings. The van der Waals surface area contributed by atoms with Gasteiger partial charge in [-0.05, 0) is 48.8 Å². The fraction of sp³-hybridized carbons (Fsp3) is 0.684. The van der Waals surface area contributed by atoms with Crippen LogP contribution in [-0.2, 0) is 5.54 Å². The maximum absolute atomic E-state index is 14.0. The summed E-state index contributed by atoms with van der Waals surface area (Å²) < 4.78 is 14.0. The molecule has 2 saturated carbocycles. The third-order valence-corrected chi connectivity index (χ3v) is 5.95. The van der Waals surface area contributed by atoms with Crippen LogP contribution in [0.2, 0.25) is 0 Å². The molecule has 0 spiro atoms. The largest absolute Gasteiger partial charge is 0.321 e. The molecule has 2 unspecified atom stereocenters. The smallest absolute Gasteiger partial charge is 0.126 e. The van der Waals surface area contributed by atoms with E-state index < -0.39 is 0 Å². The second-order valence-electron chi connectivity index (χ2n) is 7.25. The maximum Gasteiger partial charge on any atom is 0.126 e. The molecule has 2 N–H and O–H groups in total. The average Bonchev–Trinajstić information content (AvgIpc) is 2.51. The van der Waals surface area contributed by atoms with Crippen LogP contribution in [0.5, 0.6) is 0 Å². The van der Waals surface area contributed by atoms with Gasteiger partial charge >= 0.3 is 0 Å². The quantitative estimate of drug-likeness (QED) is 0.809. The van der Waals surface area contributed by atoms with Crippen LogP contribution in [0.4, 0.5) is 4.39 Å². The highest BCUT2D eigenvalue weighted by Gasteiger charge is 2.43. The number of rotatable bonds is 2. The van der Waals surface area contributed by atoms with Crippen LogP contribution in [0.25, 0.3) is 0 Å². The minimum Gasteiger partial charge on any atom is -0.321 e. The predicted octanol–water partition coefficient (Wildman–Crippen LogP) is 5.06. The lowest BCUT2D eigenvalue weighted by Crippen LogP contribution is -2.49. The van der Waals surface area contributed by atoms with E-state index in [1.54, 1.807) is 6.07 Å². The Morgan fingerprint density at radius 1 is 1.05 bits per heavy atom. The van der Waals surface area contributed by atoms with Gasteiger partial charge in [-0.25, -0.2) is 4.39 Å². The van der Waals surface area contributed by atoms with Crippen LogP contribution in [0, 0.1) is 24.6 Å². The van der Waals surface area contributed by atoms with Crippen LogP contribution >= 0.6 is 0 Å². The van der Waals surface area contributed by atoms with Gasteiger partial charge in [0, 0.05) is 5.54 Å². The van der Waals surface area contributed by atoms with E-state index >= 15 is 0 Å². The lowest BCUT2D eigenvalue weighted by atomic mass is 9.62. The lowest BCUT2D eigenvalue weighted by molar-refractivity contribution is 0.0983. The van der Waals surface area contributed by atoms with E-state index in [-0.39, 0.29) is 11.4 Å². The van der Waals surface area contributed by atoms with Gasteiger partial charge in [0.05, 0.1) is 0 Å². The highest BCUT2D eigenvalue weighted by atomic mass is 19.1. The van der Waals surface area contributed by atoms with Crippen LogP contribution in [0.1, 0.15) is 68.9 Å². The number of hydrogen-bond donors (Lipinski definition) is 1. The highest BCUT2D eigenvalue weighted by molar-refractivity contribution is 5.30. The Balaban J connectivity index is 1.91. The minimum absolute atomic E-state index is 0.106. The van der Waals surface area contributed by atoms with Crippen molar-refractivity contribution < 1.29 is 4.39 Å². The molecule has 2 aliphatic carbocycles. The Bertz CT molecular complexity index is 492. The van der Waals surface area contributed by atoms with Crippen molar-refractivity contribution in [2.75, 3.05) is 0 Å². The first-order valence-electron chi connectivity index (χ1n) is 8.67. The Morgan fingerprint density at radius 2 is 1.76 bits per heavy atom.